The standard InChI is InChI=1S/C25H34/c1-7-18(2)11-12-19-9-8-10-21(19)20-13-14-22-23(17-20)25(5,6)16-15-24(22,3)4/h7,11-14,17H,8-10,15-16H2,1-6H3/b12-11+,18-7+. The van der Waals surface area contributed by atoms with Gasteiger partial charge >= 0.3 is 0 Å². The fourth-order valence-corrected chi connectivity index (χ4v) is 4.39. The summed E-state index contributed by atoms with van der Waals surface area (Å²) in [5, 5.41) is 0. The van der Waals surface area contributed by atoms with Crippen LogP contribution in [0.4, 0.5) is 0 Å². The van der Waals surface area contributed by atoms with Crippen LogP contribution >= 0.6 is 0 Å². The maximum atomic E-state index is 2.52. The summed E-state index contributed by atoms with van der Waals surface area (Å²) < 4.78 is 0. The van der Waals surface area contributed by atoms with Crippen molar-refractivity contribution in [2.24, 2.45) is 0 Å². The number of hydrogen-bond donors (Lipinski definition) is 0. The van der Waals surface area contributed by atoms with Crippen LogP contribution in [-0.4, -0.2) is 0 Å². The molecule has 0 heterocycles. The molecule has 0 spiro atoms. The highest BCUT2D eigenvalue weighted by Crippen LogP contribution is 2.47. The normalized spacial score (nSPS) is 22.6. The van der Waals surface area contributed by atoms with Gasteiger partial charge in [-0.25, -0.2) is 0 Å². The number of fused-ring (bicyclic) bond motifs is 1. The molecule has 0 unspecified atom stereocenters. The predicted molar refractivity (Wildman–Crippen MR) is 111 cm³/mol. The summed E-state index contributed by atoms with van der Waals surface area (Å²) in [6, 6.07) is 7.33. The molecule has 0 N–H and O–H groups in total. The number of rotatable bonds is 3. The van der Waals surface area contributed by atoms with Crippen molar-refractivity contribution in [3.05, 3.63) is 64.3 Å². The molecule has 0 saturated carbocycles. The molecule has 0 aliphatic heterocycles. The van der Waals surface area contributed by atoms with Gasteiger partial charge in [-0.05, 0) is 84.6 Å². The second-order valence-electron chi connectivity index (χ2n) is 9.25. The zero-order valence-corrected chi connectivity index (χ0v) is 17.0. The molecule has 0 atom stereocenters. The molecule has 2 aliphatic rings. The average molecular weight is 335 g/mol. The summed E-state index contributed by atoms with van der Waals surface area (Å²) >= 11 is 0. The van der Waals surface area contributed by atoms with Crippen LogP contribution in [-0.2, 0) is 10.8 Å². The molecular formula is C25H34. The van der Waals surface area contributed by atoms with Crippen molar-refractivity contribution >= 4 is 5.57 Å². The van der Waals surface area contributed by atoms with Gasteiger partial charge in [0.25, 0.3) is 0 Å². The Labute approximate surface area is 154 Å². The molecule has 0 radical (unpaired) electrons. The highest BCUT2D eigenvalue weighted by atomic mass is 14.4. The molecule has 0 nitrogen and oxygen atoms in total. The van der Waals surface area contributed by atoms with Crippen molar-refractivity contribution in [2.45, 2.75) is 84.5 Å². The predicted octanol–water partition coefficient (Wildman–Crippen LogP) is 7.50. The summed E-state index contributed by atoms with van der Waals surface area (Å²) in [4.78, 5) is 0. The first-order valence-electron chi connectivity index (χ1n) is 9.93. The molecule has 0 saturated heterocycles. The smallest absolute Gasteiger partial charge is 0.0100 e. The first-order valence-corrected chi connectivity index (χ1v) is 9.93. The van der Waals surface area contributed by atoms with E-state index in [0.29, 0.717) is 5.41 Å². The lowest BCUT2D eigenvalue weighted by Gasteiger charge is -2.42. The molecule has 0 bridgehead atoms. The minimum atomic E-state index is 0.289. The summed E-state index contributed by atoms with van der Waals surface area (Å²) in [7, 11) is 0. The van der Waals surface area contributed by atoms with Crippen molar-refractivity contribution in [1.29, 1.82) is 0 Å². The second kappa shape index (κ2) is 6.63. The van der Waals surface area contributed by atoms with Crippen LogP contribution < -0.4 is 0 Å². The molecule has 0 amide bonds. The van der Waals surface area contributed by atoms with Gasteiger partial charge in [0.2, 0.25) is 0 Å². The van der Waals surface area contributed by atoms with E-state index < -0.39 is 0 Å². The van der Waals surface area contributed by atoms with Gasteiger partial charge < -0.3 is 0 Å². The molecule has 0 aromatic heterocycles. The number of benzene rings is 1. The third-order valence-corrected chi connectivity index (χ3v) is 6.46. The zero-order valence-electron chi connectivity index (χ0n) is 17.0. The van der Waals surface area contributed by atoms with E-state index in [-0.39, 0.29) is 5.41 Å². The Morgan fingerprint density at radius 3 is 2.32 bits per heavy atom. The van der Waals surface area contributed by atoms with Gasteiger partial charge in [0.1, 0.15) is 0 Å². The van der Waals surface area contributed by atoms with E-state index in [0.717, 1.165) is 0 Å². The maximum Gasteiger partial charge on any atom is -0.0100 e. The van der Waals surface area contributed by atoms with Crippen LogP contribution in [0.2, 0.25) is 0 Å². The third kappa shape index (κ3) is 3.54. The zero-order chi connectivity index (χ0) is 18.2. The highest BCUT2D eigenvalue weighted by molar-refractivity contribution is 5.74. The lowest BCUT2D eigenvalue weighted by atomic mass is 9.63. The fraction of sp³-hybridized carbons (Fsp3) is 0.520. The second-order valence-corrected chi connectivity index (χ2v) is 9.25. The topological polar surface area (TPSA) is 0 Å². The van der Waals surface area contributed by atoms with Crippen molar-refractivity contribution in [2.75, 3.05) is 0 Å². The quantitative estimate of drug-likeness (QED) is 0.502. The molecule has 134 valence electrons. The monoisotopic (exact) mass is 334 g/mol. The van der Waals surface area contributed by atoms with Crippen LogP contribution in [0, 0.1) is 0 Å². The van der Waals surface area contributed by atoms with Crippen LogP contribution in [0.5, 0.6) is 0 Å². The van der Waals surface area contributed by atoms with Gasteiger partial charge in [0, 0.05) is 0 Å². The lowest BCUT2D eigenvalue weighted by Crippen LogP contribution is -2.33. The number of allylic oxidation sites excluding steroid dienone is 6. The molecule has 1 aromatic carbocycles. The molecule has 0 heteroatoms. The first-order chi connectivity index (χ1) is 11.7. The van der Waals surface area contributed by atoms with Crippen molar-refractivity contribution in [1.82, 2.24) is 0 Å². The Balaban J connectivity index is 2.05. The van der Waals surface area contributed by atoms with E-state index in [4.69, 9.17) is 0 Å². The minimum absolute atomic E-state index is 0.289. The van der Waals surface area contributed by atoms with Crippen molar-refractivity contribution in [3.63, 3.8) is 0 Å². The van der Waals surface area contributed by atoms with Crippen LogP contribution in [0.1, 0.15) is 90.3 Å². The highest BCUT2D eigenvalue weighted by Gasteiger charge is 2.37. The molecular weight excluding hydrogens is 300 g/mol. The molecule has 2 aliphatic carbocycles. The van der Waals surface area contributed by atoms with E-state index in [1.54, 1.807) is 16.7 Å². The lowest BCUT2D eigenvalue weighted by molar-refractivity contribution is 0.332. The largest absolute Gasteiger partial charge is 0.0847 e. The van der Waals surface area contributed by atoms with Gasteiger partial charge in [-0.3, -0.25) is 0 Å². The Bertz CT molecular complexity index is 750. The summed E-state index contributed by atoms with van der Waals surface area (Å²) in [5.41, 5.74) is 9.64. The maximum absolute atomic E-state index is 2.52. The van der Waals surface area contributed by atoms with E-state index >= 15 is 0 Å². The van der Waals surface area contributed by atoms with E-state index in [9.17, 15) is 0 Å². The van der Waals surface area contributed by atoms with Gasteiger partial charge in [0.05, 0.1) is 0 Å². The van der Waals surface area contributed by atoms with Gasteiger partial charge in [-0.15, -0.1) is 0 Å². The SMILES string of the molecule is C/C=C(C)/C=C/C1=C(c2ccc3c(c2)C(C)(C)CCC3(C)C)CCC1. The van der Waals surface area contributed by atoms with E-state index in [1.165, 1.54) is 48.8 Å². The molecule has 25 heavy (non-hydrogen) atoms. The molecule has 1 aromatic rings. The fourth-order valence-electron chi connectivity index (χ4n) is 4.39. The van der Waals surface area contributed by atoms with E-state index in [1.807, 2.05) is 0 Å². The summed E-state index contributed by atoms with van der Waals surface area (Å²) in [5.74, 6) is 0. The van der Waals surface area contributed by atoms with E-state index in [2.05, 4.69) is 78.0 Å². The van der Waals surface area contributed by atoms with Crippen LogP contribution in [0.25, 0.3) is 5.57 Å². The van der Waals surface area contributed by atoms with Crippen LogP contribution in [0.3, 0.4) is 0 Å². The Hall–Kier alpha value is -1.56. The summed E-state index contributed by atoms with van der Waals surface area (Å²) in [6.45, 7) is 13.9. The Morgan fingerprint density at radius 2 is 1.64 bits per heavy atom. The van der Waals surface area contributed by atoms with Crippen LogP contribution in [0.15, 0.2) is 47.6 Å². The first kappa shape index (κ1) is 18.2. The van der Waals surface area contributed by atoms with Gasteiger partial charge in [0.15, 0.2) is 0 Å². The van der Waals surface area contributed by atoms with Gasteiger partial charge in [-0.1, -0.05) is 69.7 Å². The minimum Gasteiger partial charge on any atom is -0.0847 e. The van der Waals surface area contributed by atoms with Crippen molar-refractivity contribution in [3.8, 4) is 0 Å². The molecule has 0 fully saturated rings. The van der Waals surface area contributed by atoms with Gasteiger partial charge in [-0.2, -0.15) is 0 Å². The molecule has 3 rings (SSSR count). The number of hydrogen-bond acceptors (Lipinski definition) is 0. The summed E-state index contributed by atoms with van der Waals surface area (Å²) in [6.07, 6.45) is 13.1. The average Bonchev–Trinajstić information content (AvgIpc) is 3.05. The Kier molecular flexibility index (Phi) is 4.84. The Morgan fingerprint density at radius 1 is 0.960 bits per heavy atom. The van der Waals surface area contributed by atoms with Crippen molar-refractivity contribution < 1.29 is 0 Å². The third-order valence-electron chi connectivity index (χ3n) is 6.46.